The molecule has 0 saturated carbocycles. The van der Waals surface area contributed by atoms with E-state index in [0.29, 0.717) is 12.5 Å². The Balaban J connectivity index is 3.92. The normalized spacial score (nSPS) is 15.3. The smallest absolute Gasteiger partial charge is 0.338 e. The summed E-state index contributed by atoms with van der Waals surface area (Å²) in [6, 6.07) is 0. The van der Waals surface area contributed by atoms with E-state index < -0.39 is 11.6 Å². The van der Waals surface area contributed by atoms with Crippen LogP contribution in [-0.2, 0) is 14.3 Å². The Hall–Kier alpha value is -0.610. The molecule has 0 aliphatic heterocycles. The highest BCUT2D eigenvalue weighted by Crippen LogP contribution is 2.13. The number of rotatable bonds is 8. The van der Waals surface area contributed by atoms with Gasteiger partial charge >= 0.3 is 5.97 Å². The fourth-order valence-electron chi connectivity index (χ4n) is 1.23. The molecule has 0 bridgehead atoms. The molecule has 0 fully saturated rings. The predicted molar refractivity (Wildman–Crippen MR) is 57.9 cm³/mol. The Labute approximate surface area is 91.6 Å². The van der Waals surface area contributed by atoms with Crippen LogP contribution in [-0.4, -0.2) is 37.0 Å². The van der Waals surface area contributed by atoms with Crippen LogP contribution in [0.4, 0.5) is 0 Å². The van der Waals surface area contributed by atoms with Crippen LogP contribution in [0, 0.1) is 5.92 Å². The molecule has 0 amide bonds. The molecular formula is C11H22O4. The molecule has 4 nitrogen and oxygen atoms in total. The van der Waals surface area contributed by atoms with Crippen molar-refractivity contribution in [3.63, 3.8) is 0 Å². The van der Waals surface area contributed by atoms with Crippen molar-refractivity contribution in [2.45, 2.75) is 39.2 Å². The van der Waals surface area contributed by atoms with Gasteiger partial charge in [0.05, 0.1) is 6.61 Å². The first-order valence-electron chi connectivity index (χ1n) is 5.28. The summed E-state index contributed by atoms with van der Waals surface area (Å²) in [5.74, 6) is -0.360. The van der Waals surface area contributed by atoms with Crippen molar-refractivity contribution < 1.29 is 19.4 Å². The van der Waals surface area contributed by atoms with E-state index in [0.717, 1.165) is 12.8 Å². The number of ether oxygens (including phenoxy) is 2. The number of carboxylic acids is 1. The van der Waals surface area contributed by atoms with Gasteiger partial charge in [-0.15, -0.1) is 0 Å². The molecule has 1 unspecified atom stereocenters. The fourth-order valence-corrected chi connectivity index (χ4v) is 1.23. The molecule has 0 aliphatic carbocycles. The summed E-state index contributed by atoms with van der Waals surface area (Å²) < 4.78 is 10.2. The van der Waals surface area contributed by atoms with Crippen molar-refractivity contribution in [3.8, 4) is 0 Å². The van der Waals surface area contributed by atoms with Crippen LogP contribution in [0.5, 0.6) is 0 Å². The lowest BCUT2D eigenvalue weighted by Gasteiger charge is -2.24. The molecule has 0 radical (unpaired) electrons. The molecule has 90 valence electrons. The summed E-state index contributed by atoms with van der Waals surface area (Å²) in [5, 5.41) is 8.97. The van der Waals surface area contributed by atoms with E-state index in [1.54, 1.807) is 0 Å². The Kier molecular flexibility index (Phi) is 6.52. The van der Waals surface area contributed by atoms with Crippen molar-refractivity contribution in [3.05, 3.63) is 0 Å². The molecule has 1 atom stereocenters. The zero-order valence-electron chi connectivity index (χ0n) is 10.1. The standard InChI is InChI=1S/C11H22O4/c1-9(2)6-5-7-15-11(3,8-14-4)10(12)13/h9H,5-8H2,1-4H3,(H,12,13). The molecule has 0 aromatic rings. The van der Waals surface area contributed by atoms with Crippen LogP contribution in [0.1, 0.15) is 33.6 Å². The van der Waals surface area contributed by atoms with Gasteiger partial charge in [0, 0.05) is 13.7 Å². The quantitative estimate of drug-likeness (QED) is 0.632. The van der Waals surface area contributed by atoms with Crippen LogP contribution < -0.4 is 0 Å². The van der Waals surface area contributed by atoms with Gasteiger partial charge in [-0.2, -0.15) is 0 Å². The summed E-state index contributed by atoms with van der Waals surface area (Å²) in [4.78, 5) is 10.9. The van der Waals surface area contributed by atoms with Crippen LogP contribution in [0.3, 0.4) is 0 Å². The average molecular weight is 218 g/mol. The minimum absolute atomic E-state index is 0.0734. The number of methoxy groups -OCH3 is 1. The minimum atomic E-state index is -1.22. The Morgan fingerprint density at radius 1 is 1.47 bits per heavy atom. The summed E-state index contributed by atoms with van der Waals surface area (Å²) in [5.41, 5.74) is -1.22. The van der Waals surface area contributed by atoms with E-state index in [1.165, 1.54) is 14.0 Å². The molecule has 0 heterocycles. The second kappa shape index (κ2) is 6.80. The molecule has 0 saturated heterocycles. The maximum Gasteiger partial charge on any atom is 0.338 e. The summed E-state index contributed by atoms with van der Waals surface area (Å²) in [7, 11) is 1.47. The van der Waals surface area contributed by atoms with Gasteiger partial charge in [-0.05, 0) is 25.7 Å². The summed E-state index contributed by atoms with van der Waals surface area (Å²) >= 11 is 0. The second-order valence-electron chi connectivity index (χ2n) is 4.35. The SMILES string of the molecule is COCC(C)(OCCCC(C)C)C(=O)O. The Bertz CT molecular complexity index is 191. The van der Waals surface area contributed by atoms with Gasteiger partial charge in [0.25, 0.3) is 0 Å². The van der Waals surface area contributed by atoms with Crippen LogP contribution >= 0.6 is 0 Å². The van der Waals surface area contributed by atoms with E-state index in [2.05, 4.69) is 13.8 Å². The molecular weight excluding hydrogens is 196 g/mol. The summed E-state index contributed by atoms with van der Waals surface area (Å²) in [6.07, 6.45) is 1.92. The van der Waals surface area contributed by atoms with Crippen molar-refractivity contribution in [2.24, 2.45) is 5.92 Å². The maximum atomic E-state index is 10.9. The lowest BCUT2D eigenvalue weighted by Crippen LogP contribution is -2.43. The van der Waals surface area contributed by atoms with Crippen LogP contribution in [0.2, 0.25) is 0 Å². The topological polar surface area (TPSA) is 55.8 Å². The second-order valence-corrected chi connectivity index (χ2v) is 4.35. The van der Waals surface area contributed by atoms with Crippen LogP contribution in [0.15, 0.2) is 0 Å². The monoisotopic (exact) mass is 218 g/mol. The van der Waals surface area contributed by atoms with Gasteiger partial charge < -0.3 is 14.6 Å². The first-order chi connectivity index (χ1) is 6.92. The number of carbonyl (C=O) groups is 1. The molecule has 1 N–H and O–H groups in total. The van der Waals surface area contributed by atoms with Crippen molar-refractivity contribution in [1.82, 2.24) is 0 Å². The largest absolute Gasteiger partial charge is 0.479 e. The van der Waals surface area contributed by atoms with Gasteiger partial charge in [0.2, 0.25) is 0 Å². The third-order valence-electron chi connectivity index (χ3n) is 2.22. The molecule has 0 aromatic heterocycles. The van der Waals surface area contributed by atoms with Crippen molar-refractivity contribution >= 4 is 5.97 Å². The van der Waals surface area contributed by atoms with Crippen molar-refractivity contribution in [1.29, 1.82) is 0 Å². The molecule has 15 heavy (non-hydrogen) atoms. The number of hydrogen-bond acceptors (Lipinski definition) is 3. The van der Waals surface area contributed by atoms with Gasteiger partial charge in [0.1, 0.15) is 0 Å². The predicted octanol–water partition coefficient (Wildman–Crippen LogP) is 1.93. The zero-order valence-corrected chi connectivity index (χ0v) is 10.1. The number of carboxylic acid groups (broad SMARTS) is 1. The highest BCUT2D eigenvalue weighted by Gasteiger charge is 2.34. The molecule has 0 rings (SSSR count). The Morgan fingerprint density at radius 2 is 2.07 bits per heavy atom. The molecule has 0 aliphatic rings. The van der Waals surface area contributed by atoms with E-state index in [-0.39, 0.29) is 6.61 Å². The lowest BCUT2D eigenvalue weighted by molar-refractivity contribution is -0.170. The van der Waals surface area contributed by atoms with Gasteiger partial charge in [-0.25, -0.2) is 4.79 Å². The van der Waals surface area contributed by atoms with Gasteiger partial charge in [-0.3, -0.25) is 0 Å². The van der Waals surface area contributed by atoms with E-state index in [1.807, 2.05) is 0 Å². The molecule has 0 aromatic carbocycles. The fraction of sp³-hybridized carbons (Fsp3) is 0.909. The first kappa shape index (κ1) is 14.4. The maximum absolute atomic E-state index is 10.9. The van der Waals surface area contributed by atoms with Gasteiger partial charge in [-0.1, -0.05) is 13.8 Å². The highest BCUT2D eigenvalue weighted by atomic mass is 16.6. The Morgan fingerprint density at radius 3 is 2.47 bits per heavy atom. The molecule has 0 spiro atoms. The third kappa shape index (κ3) is 5.74. The third-order valence-corrected chi connectivity index (χ3v) is 2.22. The van der Waals surface area contributed by atoms with Gasteiger partial charge in [0.15, 0.2) is 5.60 Å². The van der Waals surface area contributed by atoms with Crippen molar-refractivity contribution in [2.75, 3.05) is 20.3 Å². The first-order valence-corrected chi connectivity index (χ1v) is 5.28. The lowest BCUT2D eigenvalue weighted by atomic mass is 10.1. The zero-order chi connectivity index (χ0) is 11.9. The number of aliphatic carboxylic acids is 1. The van der Waals surface area contributed by atoms with E-state index in [9.17, 15) is 4.79 Å². The number of hydrogen-bond donors (Lipinski definition) is 1. The average Bonchev–Trinajstić information content (AvgIpc) is 2.12. The minimum Gasteiger partial charge on any atom is -0.479 e. The van der Waals surface area contributed by atoms with Crippen LogP contribution in [0.25, 0.3) is 0 Å². The summed E-state index contributed by atoms with van der Waals surface area (Å²) in [6.45, 7) is 6.33. The van der Waals surface area contributed by atoms with E-state index >= 15 is 0 Å². The highest BCUT2D eigenvalue weighted by molar-refractivity contribution is 5.77. The van der Waals surface area contributed by atoms with E-state index in [4.69, 9.17) is 14.6 Å². The molecule has 4 heteroatoms.